The maximum absolute atomic E-state index is 9.87. The average molecular weight is 279 g/mol. The minimum absolute atomic E-state index is 0.185. The summed E-state index contributed by atoms with van der Waals surface area (Å²) < 4.78 is 5.04. The molecule has 100 valence electrons. The van der Waals surface area contributed by atoms with E-state index in [0.717, 1.165) is 16.8 Å². The molecule has 0 aliphatic rings. The molecule has 4 nitrogen and oxygen atoms in total. The van der Waals surface area contributed by atoms with Crippen molar-refractivity contribution in [3.63, 3.8) is 0 Å². The summed E-state index contributed by atoms with van der Waals surface area (Å²) in [5, 5.41) is 13.5. The van der Waals surface area contributed by atoms with Gasteiger partial charge in [0.25, 0.3) is 0 Å². The molecule has 2 aromatic rings. The van der Waals surface area contributed by atoms with E-state index in [4.69, 9.17) is 16.3 Å². The molecular weight excluding hydrogens is 264 g/mol. The van der Waals surface area contributed by atoms with Gasteiger partial charge < -0.3 is 15.2 Å². The van der Waals surface area contributed by atoms with E-state index in [0.29, 0.717) is 17.4 Å². The van der Waals surface area contributed by atoms with Gasteiger partial charge >= 0.3 is 0 Å². The van der Waals surface area contributed by atoms with E-state index in [9.17, 15) is 5.11 Å². The third-order valence-corrected chi connectivity index (χ3v) is 3.15. The molecule has 19 heavy (non-hydrogen) atoms. The number of aromatic nitrogens is 1. The number of methoxy groups -OCH3 is 1. The number of rotatable bonds is 4. The number of phenols is 1. The van der Waals surface area contributed by atoms with Crippen LogP contribution in [0.1, 0.15) is 11.1 Å². The van der Waals surface area contributed by atoms with Crippen LogP contribution in [0, 0.1) is 6.92 Å². The molecule has 0 saturated heterocycles. The summed E-state index contributed by atoms with van der Waals surface area (Å²) in [7, 11) is 1.56. The second-order valence-electron chi connectivity index (χ2n) is 4.14. The second-order valence-corrected chi connectivity index (χ2v) is 4.50. The summed E-state index contributed by atoms with van der Waals surface area (Å²) in [5.41, 5.74) is 2.55. The molecule has 0 aliphatic heterocycles. The topological polar surface area (TPSA) is 54.4 Å². The largest absolute Gasteiger partial charge is 0.507 e. The third kappa shape index (κ3) is 3.09. The normalized spacial score (nSPS) is 10.3. The Hall–Kier alpha value is -1.94. The van der Waals surface area contributed by atoms with Crippen LogP contribution in [0.25, 0.3) is 0 Å². The maximum atomic E-state index is 9.87. The Bertz CT molecular complexity index is 567. The van der Waals surface area contributed by atoms with E-state index >= 15 is 0 Å². The van der Waals surface area contributed by atoms with Crippen molar-refractivity contribution in [3.05, 3.63) is 46.7 Å². The lowest BCUT2D eigenvalue weighted by Crippen LogP contribution is -2.03. The molecule has 1 aromatic heterocycles. The van der Waals surface area contributed by atoms with Crippen LogP contribution < -0.4 is 10.1 Å². The fourth-order valence-corrected chi connectivity index (χ4v) is 2.01. The number of ether oxygens (including phenoxy) is 1. The third-order valence-electron chi connectivity index (χ3n) is 2.86. The number of hydrogen-bond donors (Lipinski definition) is 2. The molecule has 0 atom stereocenters. The van der Waals surface area contributed by atoms with Crippen LogP contribution in [-0.4, -0.2) is 17.2 Å². The Morgan fingerprint density at radius 2 is 2.16 bits per heavy atom. The number of phenolic OH excluding ortho intramolecular Hbond substituents is 1. The highest BCUT2D eigenvalue weighted by Gasteiger charge is 2.07. The van der Waals surface area contributed by atoms with Crippen LogP contribution in [0.4, 0.5) is 5.69 Å². The first kappa shape index (κ1) is 13.5. The van der Waals surface area contributed by atoms with Crippen molar-refractivity contribution in [3.8, 4) is 11.5 Å². The van der Waals surface area contributed by atoms with Crippen molar-refractivity contribution in [1.82, 2.24) is 4.98 Å². The summed E-state index contributed by atoms with van der Waals surface area (Å²) in [4.78, 5) is 4.02. The van der Waals surface area contributed by atoms with Crippen molar-refractivity contribution < 1.29 is 9.84 Å². The van der Waals surface area contributed by atoms with Gasteiger partial charge in [-0.2, -0.15) is 0 Å². The number of nitrogens with one attached hydrogen (secondary N) is 1. The summed E-state index contributed by atoms with van der Waals surface area (Å²) in [6, 6.07) is 7.06. The van der Waals surface area contributed by atoms with Crippen LogP contribution >= 0.6 is 11.6 Å². The summed E-state index contributed by atoms with van der Waals surface area (Å²) in [5.74, 6) is 0.807. The standard InChI is InChI=1S/C14H15ClN2O2/c1-9-5-6-16-14(15)13(9)17-8-10-3-4-11(19-2)7-12(10)18/h3-7,17-18H,8H2,1-2H3. The van der Waals surface area contributed by atoms with Crippen molar-refractivity contribution in [2.45, 2.75) is 13.5 Å². The number of halogens is 1. The Morgan fingerprint density at radius 3 is 2.79 bits per heavy atom. The monoisotopic (exact) mass is 278 g/mol. The summed E-state index contributed by atoms with van der Waals surface area (Å²) >= 11 is 6.03. The first-order chi connectivity index (χ1) is 9.11. The van der Waals surface area contributed by atoms with Crippen LogP contribution in [0.2, 0.25) is 5.15 Å². The molecule has 2 rings (SSSR count). The zero-order chi connectivity index (χ0) is 13.8. The van der Waals surface area contributed by atoms with Crippen molar-refractivity contribution in [2.24, 2.45) is 0 Å². The van der Waals surface area contributed by atoms with E-state index in [-0.39, 0.29) is 5.75 Å². The molecule has 1 heterocycles. The number of aromatic hydroxyl groups is 1. The number of benzene rings is 1. The number of pyridine rings is 1. The number of nitrogens with zero attached hydrogens (tertiary/aromatic N) is 1. The van der Waals surface area contributed by atoms with Gasteiger partial charge in [0.1, 0.15) is 11.5 Å². The first-order valence-corrected chi connectivity index (χ1v) is 6.20. The van der Waals surface area contributed by atoms with Crippen LogP contribution in [0.3, 0.4) is 0 Å². The molecule has 0 unspecified atom stereocenters. The van der Waals surface area contributed by atoms with Gasteiger partial charge in [-0.1, -0.05) is 11.6 Å². The molecule has 1 aromatic carbocycles. The Balaban J connectivity index is 2.15. The van der Waals surface area contributed by atoms with E-state index in [1.165, 1.54) is 0 Å². The minimum atomic E-state index is 0.185. The molecule has 2 N–H and O–H groups in total. The average Bonchev–Trinajstić information content (AvgIpc) is 2.39. The first-order valence-electron chi connectivity index (χ1n) is 5.82. The Kier molecular flexibility index (Phi) is 4.12. The van der Waals surface area contributed by atoms with Gasteiger partial charge in [0.15, 0.2) is 5.15 Å². The molecule has 0 radical (unpaired) electrons. The second kappa shape index (κ2) is 5.80. The van der Waals surface area contributed by atoms with Gasteiger partial charge in [-0.3, -0.25) is 0 Å². The van der Waals surface area contributed by atoms with Gasteiger partial charge in [0.2, 0.25) is 0 Å². The highest BCUT2D eigenvalue weighted by molar-refractivity contribution is 6.32. The van der Waals surface area contributed by atoms with Crippen LogP contribution in [-0.2, 0) is 6.54 Å². The molecule has 0 fully saturated rings. The van der Waals surface area contributed by atoms with Crippen LogP contribution in [0.15, 0.2) is 30.5 Å². The number of hydrogen-bond acceptors (Lipinski definition) is 4. The molecular formula is C14H15ClN2O2. The zero-order valence-electron chi connectivity index (χ0n) is 10.8. The SMILES string of the molecule is COc1ccc(CNc2c(C)ccnc2Cl)c(O)c1. The van der Waals surface area contributed by atoms with E-state index in [1.54, 1.807) is 31.5 Å². The van der Waals surface area contributed by atoms with Gasteiger partial charge in [-0.05, 0) is 30.7 Å². The van der Waals surface area contributed by atoms with Gasteiger partial charge in [0, 0.05) is 24.4 Å². The summed E-state index contributed by atoms with van der Waals surface area (Å²) in [6.07, 6.45) is 1.66. The summed E-state index contributed by atoms with van der Waals surface area (Å²) in [6.45, 7) is 2.41. The molecule has 0 aliphatic carbocycles. The van der Waals surface area contributed by atoms with E-state index < -0.39 is 0 Å². The van der Waals surface area contributed by atoms with Gasteiger partial charge in [-0.25, -0.2) is 4.98 Å². The maximum Gasteiger partial charge on any atom is 0.152 e. The fraction of sp³-hybridized carbons (Fsp3) is 0.214. The highest BCUT2D eigenvalue weighted by atomic mass is 35.5. The quantitative estimate of drug-likeness (QED) is 0.842. The van der Waals surface area contributed by atoms with Gasteiger partial charge in [0.05, 0.1) is 12.8 Å². The lowest BCUT2D eigenvalue weighted by Gasteiger charge is -2.12. The number of anilines is 1. The van der Waals surface area contributed by atoms with E-state index in [2.05, 4.69) is 10.3 Å². The van der Waals surface area contributed by atoms with Crippen LogP contribution in [0.5, 0.6) is 11.5 Å². The van der Waals surface area contributed by atoms with Gasteiger partial charge in [-0.15, -0.1) is 0 Å². The molecule has 0 spiro atoms. The highest BCUT2D eigenvalue weighted by Crippen LogP contribution is 2.27. The zero-order valence-corrected chi connectivity index (χ0v) is 11.5. The Morgan fingerprint density at radius 1 is 1.37 bits per heavy atom. The smallest absolute Gasteiger partial charge is 0.152 e. The lowest BCUT2D eigenvalue weighted by atomic mass is 10.1. The fourth-order valence-electron chi connectivity index (χ4n) is 1.74. The number of aryl methyl sites for hydroxylation is 1. The van der Waals surface area contributed by atoms with Crippen molar-refractivity contribution in [1.29, 1.82) is 0 Å². The molecule has 0 bridgehead atoms. The predicted molar refractivity (Wildman–Crippen MR) is 76.0 cm³/mol. The lowest BCUT2D eigenvalue weighted by molar-refractivity contribution is 0.406. The predicted octanol–water partition coefficient (Wildman–Crippen LogP) is 3.37. The molecule has 5 heteroatoms. The van der Waals surface area contributed by atoms with E-state index in [1.807, 2.05) is 13.0 Å². The van der Waals surface area contributed by atoms with Crippen molar-refractivity contribution in [2.75, 3.05) is 12.4 Å². The minimum Gasteiger partial charge on any atom is -0.507 e. The molecule has 0 saturated carbocycles. The van der Waals surface area contributed by atoms with Crippen molar-refractivity contribution >= 4 is 17.3 Å². The molecule has 0 amide bonds. The Labute approximate surface area is 117 Å².